The third-order valence-corrected chi connectivity index (χ3v) is 7.75. The topological polar surface area (TPSA) is 81.7 Å². The van der Waals surface area contributed by atoms with Crippen molar-refractivity contribution in [3.8, 4) is 17.0 Å². The second-order valence-electron chi connectivity index (χ2n) is 10.4. The van der Waals surface area contributed by atoms with E-state index in [1.165, 1.54) is 22.3 Å². The molecule has 39 heavy (non-hydrogen) atoms. The van der Waals surface area contributed by atoms with Crippen LogP contribution >= 0.6 is 0 Å². The standard InChI is InChI=1S/C26H29F4N7O2/c1-14-31-22-17(27)8-15(9-20(22)36(14)11-21(29)30)16-4-7-37-23(16)24(38-3)33-25(34-37)32-19-5-6-35(10-18(19)28)26(2)12-39-13-26/h4,7-9,18-19,21H,5-6,10-13H2,1-3H3,(H,32,34)/t18-,19+/m0/s1. The van der Waals surface area contributed by atoms with Crippen molar-refractivity contribution in [3.05, 3.63) is 36.0 Å². The van der Waals surface area contributed by atoms with Crippen LogP contribution in [-0.2, 0) is 11.3 Å². The molecule has 6 rings (SSSR count). The number of likely N-dealkylation sites (tertiary alicyclic amines) is 1. The fourth-order valence-electron chi connectivity index (χ4n) is 5.55. The highest BCUT2D eigenvalue weighted by atomic mass is 19.3. The minimum Gasteiger partial charge on any atom is -0.479 e. The Morgan fingerprint density at radius 1 is 1.26 bits per heavy atom. The van der Waals surface area contributed by atoms with Crippen LogP contribution in [0.2, 0.25) is 0 Å². The zero-order valence-corrected chi connectivity index (χ0v) is 21.8. The normalized spacial score (nSPS) is 21.5. The zero-order valence-electron chi connectivity index (χ0n) is 21.8. The Hall–Kier alpha value is -3.45. The van der Waals surface area contributed by atoms with Crippen LogP contribution in [0.4, 0.5) is 23.5 Å². The Labute approximate surface area is 221 Å². The van der Waals surface area contributed by atoms with Gasteiger partial charge in [0.25, 0.3) is 6.43 Å². The van der Waals surface area contributed by atoms with Gasteiger partial charge in [-0.3, -0.25) is 4.90 Å². The number of benzene rings is 1. The third kappa shape index (κ3) is 4.46. The highest BCUT2D eigenvalue weighted by molar-refractivity contribution is 5.90. The van der Waals surface area contributed by atoms with Crippen molar-refractivity contribution in [2.75, 3.05) is 38.7 Å². The minimum absolute atomic E-state index is 0.0285. The number of aromatic nitrogens is 5. The Morgan fingerprint density at radius 2 is 2.05 bits per heavy atom. The average Bonchev–Trinajstić information content (AvgIpc) is 3.44. The van der Waals surface area contributed by atoms with E-state index in [1.54, 1.807) is 25.3 Å². The summed E-state index contributed by atoms with van der Waals surface area (Å²) in [5.74, 6) is 0.0796. The van der Waals surface area contributed by atoms with Crippen LogP contribution in [0.25, 0.3) is 27.7 Å². The lowest BCUT2D eigenvalue weighted by Gasteiger charge is -2.50. The molecular formula is C26H29F4N7O2. The van der Waals surface area contributed by atoms with Crippen LogP contribution < -0.4 is 10.1 Å². The maximum atomic E-state index is 15.1. The monoisotopic (exact) mass is 547 g/mol. The first kappa shape index (κ1) is 25.8. The second kappa shape index (κ2) is 9.63. The van der Waals surface area contributed by atoms with E-state index in [0.717, 1.165) is 6.54 Å². The summed E-state index contributed by atoms with van der Waals surface area (Å²) in [5.41, 5.74) is 1.62. The smallest absolute Gasteiger partial charge is 0.256 e. The number of halogens is 4. The molecule has 2 aliphatic heterocycles. The van der Waals surface area contributed by atoms with E-state index < -0.39 is 31.0 Å². The van der Waals surface area contributed by atoms with Gasteiger partial charge in [0.05, 0.1) is 44.0 Å². The predicted molar refractivity (Wildman–Crippen MR) is 137 cm³/mol. The van der Waals surface area contributed by atoms with E-state index in [1.807, 2.05) is 0 Å². The zero-order chi connectivity index (χ0) is 27.5. The summed E-state index contributed by atoms with van der Waals surface area (Å²) in [6, 6.07) is 4.17. The number of hydrogen-bond donors (Lipinski definition) is 1. The van der Waals surface area contributed by atoms with Crippen molar-refractivity contribution in [3.63, 3.8) is 0 Å². The van der Waals surface area contributed by atoms with Gasteiger partial charge in [-0.2, -0.15) is 4.98 Å². The van der Waals surface area contributed by atoms with Gasteiger partial charge in [0.1, 0.15) is 23.0 Å². The molecule has 2 atom stereocenters. The van der Waals surface area contributed by atoms with Crippen molar-refractivity contribution >= 4 is 22.5 Å². The number of anilines is 1. The number of hydrogen-bond acceptors (Lipinski definition) is 7. The molecule has 0 radical (unpaired) electrons. The summed E-state index contributed by atoms with van der Waals surface area (Å²) in [6.07, 6.45) is -1.51. The second-order valence-corrected chi connectivity index (χ2v) is 10.4. The number of fused-ring (bicyclic) bond motifs is 2. The van der Waals surface area contributed by atoms with Crippen LogP contribution in [0, 0.1) is 12.7 Å². The number of piperidine rings is 1. The molecule has 2 aliphatic rings. The fraction of sp³-hybridized carbons (Fsp3) is 0.500. The quantitative estimate of drug-likeness (QED) is 0.349. The first-order valence-electron chi connectivity index (χ1n) is 12.8. The first-order valence-corrected chi connectivity index (χ1v) is 12.8. The van der Waals surface area contributed by atoms with E-state index in [2.05, 4.69) is 32.2 Å². The van der Waals surface area contributed by atoms with Gasteiger partial charge in [-0.25, -0.2) is 27.1 Å². The number of ether oxygens (including phenoxy) is 2. The van der Waals surface area contributed by atoms with Crippen LogP contribution in [-0.4, -0.2) is 86.6 Å². The lowest BCUT2D eigenvalue weighted by molar-refractivity contribution is -0.142. The number of imidazole rings is 1. The minimum atomic E-state index is -2.62. The molecule has 0 aliphatic carbocycles. The molecule has 0 unspecified atom stereocenters. The van der Waals surface area contributed by atoms with Crippen molar-refractivity contribution < 1.29 is 27.0 Å². The summed E-state index contributed by atoms with van der Waals surface area (Å²) in [4.78, 5) is 10.7. The van der Waals surface area contributed by atoms with Gasteiger partial charge in [0.15, 0.2) is 5.82 Å². The summed E-state index contributed by atoms with van der Waals surface area (Å²) in [7, 11) is 1.45. The Kier molecular flexibility index (Phi) is 6.37. The van der Waals surface area contributed by atoms with Crippen LogP contribution in [0.5, 0.6) is 5.88 Å². The fourth-order valence-corrected chi connectivity index (χ4v) is 5.55. The number of methoxy groups -OCH3 is 1. The molecule has 208 valence electrons. The molecule has 0 saturated carbocycles. The Bertz CT molecular complexity index is 1530. The molecule has 1 aromatic carbocycles. The highest BCUT2D eigenvalue weighted by Gasteiger charge is 2.43. The van der Waals surface area contributed by atoms with E-state index in [0.29, 0.717) is 48.6 Å². The molecule has 0 bridgehead atoms. The maximum Gasteiger partial charge on any atom is 0.256 e. The number of nitrogens with one attached hydrogen (secondary N) is 1. The van der Waals surface area contributed by atoms with E-state index in [-0.39, 0.29) is 28.4 Å². The maximum absolute atomic E-state index is 15.1. The summed E-state index contributed by atoms with van der Waals surface area (Å²) < 4.78 is 70.3. The molecule has 2 saturated heterocycles. The summed E-state index contributed by atoms with van der Waals surface area (Å²) in [6.45, 7) is 5.28. The average molecular weight is 548 g/mol. The number of alkyl halides is 3. The van der Waals surface area contributed by atoms with Crippen molar-refractivity contribution in [1.82, 2.24) is 29.0 Å². The molecule has 2 fully saturated rings. The summed E-state index contributed by atoms with van der Waals surface area (Å²) in [5, 5.41) is 7.62. The SMILES string of the molecule is COc1nc(N[C@@H]2CCN(C3(C)COC3)C[C@@H]2F)nn2ccc(-c3cc(F)c4nc(C)n(CC(F)F)c4c3)c12. The molecule has 9 nitrogen and oxygen atoms in total. The first-order chi connectivity index (χ1) is 18.7. The molecule has 0 spiro atoms. The molecule has 4 aromatic rings. The van der Waals surface area contributed by atoms with Gasteiger partial charge in [-0.05, 0) is 44.0 Å². The van der Waals surface area contributed by atoms with Crippen LogP contribution in [0.15, 0.2) is 24.4 Å². The van der Waals surface area contributed by atoms with Crippen molar-refractivity contribution in [2.45, 2.75) is 51.0 Å². The van der Waals surface area contributed by atoms with Crippen molar-refractivity contribution in [2.24, 2.45) is 0 Å². The number of nitrogens with zero attached hydrogens (tertiary/aromatic N) is 6. The highest BCUT2D eigenvalue weighted by Crippen LogP contribution is 2.35. The van der Waals surface area contributed by atoms with E-state index in [4.69, 9.17) is 9.47 Å². The Morgan fingerprint density at radius 3 is 2.72 bits per heavy atom. The largest absolute Gasteiger partial charge is 0.479 e. The van der Waals surface area contributed by atoms with Gasteiger partial charge >= 0.3 is 0 Å². The lowest BCUT2D eigenvalue weighted by Crippen LogP contribution is -2.64. The summed E-state index contributed by atoms with van der Waals surface area (Å²) >= 11 is 0. The van der Waals surface area contributed by atoms with Gasteiger partial charge < -0.3 is 19.4 Å². The van der Waals surface area contributed by atoms with Gasteiger partial charge in [-0.1, -0.05) is 0 Å². The molecule has 1 N–H and O–H groups in total. The third-order valence-electron chi connectivity index (χ3n) is 7.75. The van der Waals surface area contributed by atoms with Gasteiger partial charge in [0.2, 0.25) is 11.8 Å². The van der Waals surface area contributed by atoms with Crippen LogP contribution in [0.1, 0.15) is 19.2 Å². The number of rotatable bonds is 7. The predicted octanol–water partition coefficient (Wildman–Crippen LogP) is 4.08. The molecule has 3 aromatic heterocycles. The lowest BCUT2D eigenvalue weighted by atomic mass is 9.92. The van der Waals surface area contributed by atoms with Gasteiger partial charge in [-0.15, -0.1) is 5.10 Å². The van der Waals surface area contributed by atoms with Crippen molar-refractivity contribution in [1.29, 1.82) is 0 Å². The van der Waals surface area contributed by atoms with E-state index >= 15 is 8.78 Å². The molecule has 0 amide bonds. The van der Waals surface area contributed by atoms with Gasteiger partial charge in [0, 0.05) is 24.8 Å². The molecule has 13 heteroatoms. The number of aryl methyl sites for hydroxylation is 1. The van der Waals surface area contributed by atoms with Crippen LogP contribution in [0.3, 0.4) is 0 Å². The molecule has 5 heterocycles. The Balaban J connectivity index is 1.31. The molecular weight excluding hydrogens is 518 g/mol. The van der Waals surface area contributed by atoms with E-state index in [9.17, 15) is 8.78 Å².